The van der Waals surface area contributed by atoms with E-state index in [4.69, 9.17) is 0 Å². The maximum atomic E-state index is 12.7. The Morgan fingerprint density at radius 3 is 2.40 bits per heavy atom. The fourth-order valence-corrected chi connectivity index (χ4v) is 3.18. The lowest BCUT2D eigenvalue weighted by atomic mass is 9.95. The van der Waals surface area contributed by atoms with E-state index in [0.29, 0.717) is 24.8 Å². The molecule has 1 saturated heterocycles. The molecule has 0 bridgehead atoms. The molecule has 4 heteroatoms. The van der Waals surface area contributed by atoms with Gasteiger partial charge in [-0.3, -0.25) is 9.59 Å². The van der Waals surface area contributed by atoms with Gasteiger partial charge in [-0.15, -0.1) is 0 Å². The predicted octanol–water partition coefficient (Wildman–Crippen LogP) is 2.83. The second kappa shape index (κ2) is 8.71. The molecular formula is C21H28N2O2. The molecule has 2 rings (SSSR count). The van der Waals surface area contributed by atoms with E-state index in [1.165, 1.54) is 0 Å². The third kappa shape index (κ3) is 5.63. The Morgan fingerprint density at radius 2 is 1.80 bits per heavy atom. The predicted molar refractivity (Wildman–Crippen MR) is 99.7 cm³/mol. The maximum Gasteiger partial charge on any atom is 0.299 e. The summed E-state index contributed by atoms with van der Waals surface area (Å²) in [5.74, 6) is 6.10. The van der Waals surface area contributed by atoms with Crippen LogP contribution in [0.25, 0.3) is 0 Å². The molecule has 1 aromatic rings. The van der Waals surface area contributed by atoms with Gasteiger partial charge in [-0.2, -0.15) is 0 Å². The highest BCUT2D eigenvalue weighted by Crippen LogP contribution is 2.19. The summed E-state index contributed by atoms with van der Waals surface area (Å²) in [4.78, 5) is 26.9. The molecule has 4 nitrogen and oxygen atoms in total. The number of hydrogen-bond acceptors (Lipinski definition) is 2. The van der Waals surface area contributed by atoms with Gasteiger partial charge >= 0.3 is 0 Å². The average molecular weight is 340 g/mol. The van der Waals surface area contributed by atoms with Crippen LogP contribution in [0.5, 0.6) is 0 Å². The summed E-state index contributed by atoms with van der Waals surface area (Å²) in [6.45, 7) is 8.89. The fourth-order valence-electron chi connectivity index (χ4n) is 3.18. The minimum absolute atomic E-state index is 0.00149. The monoisotopic (exact) mass is 340 g/mol. The number of nitrogens with one attached hydrogen (secondary N) is 1. The number of carbonyl (C=O) groups is 2. The minimum atomic E-state index is -0.430. The molecule has 134 valence electrons. The van der Waals surface area contributed by atoms with Gasteiger partial charge < -0.3 is 10.2 Å². The summed E-state index contributed by atoms with van der Waals surface area (Å²) in [6.07, 6.45) is 1.51. The first-order valence-corrected chi connectivity index (χ1v) is 9.04. The molecule has 25 heavy (non-hydrogen) atoms. The van der Waals surface area contributed by atoms with Crippen molar-refractivity contribution < 1.29 is 9.59 Å². The van der Waals surface area contributed by atoms with E-state index in [0.717, 1.165) is 12.0 Å². The molecule has 1 aliphatic rings. The van der Waals surface area contributed by atoms with Crippen LogP contribution >= 0.6 is 0 Å². The number of amides is 2. The van der Waals surface area contributed by atoms with Crippen LogP contribution in [-0.2, 0) is 9.59 Å². The third-order valence-electron chi connectivity index (χ3n) is 4.24. The summed E-state index contributed by atoms with van der Waals surface area (Å²) < 4.78 is 0. The first kappa shape index (κ1) is 19.1. The zero-order valence-corrected chi connectivity index (χ0v) is 15.6. The Hall–Kier alpha value is -2.28. The van der Waals surface area contributed by atoms with Crippen LogP contribution in [0.3, 0.4) is 0 Å². The molecule has 1 aliphatic heterocycles. The Bertz CT molecular complexity index is 655. The number of hydrogen-bond donors (Lipinski definition) is 1. The topological polar surface area (TPSA) is 49.4 Å². The molecule has 0 radical (unpaired) electrons. The summed E-state index contributed by atoms with van der Waals surface area (Å²) in [5, 5.41) is 3.08. The van der Waals surface area contributed by atoms with Crippen LogP contribution in [0.4, 0.5) is 0 Å². The molecule has 1 aromatic carbocycles. The van der Waals surface area contributed by atoms with E-state index in [-0.39, 0.29) is 17.9 Å². The van der Waals surface area contributed by atoms with Gasteiger partial charge in [0.2, 0.25) is 5.91 Å². The van der Waals surface area contributed by atoms with Crippen molar-refractivity contribution in [1.82, 2.24) is 10.2 Å². The van der Waals surface area contributed by atoms with Gasteiger partial charge in [0.1, 0.15) is 6.04 Å². The summed E-state index contributed by atoms with van der Waals surface area (Å²) in [5.41, 5.74) is 0.802. The van der Waals surface area contributed by atoms with Crippen LogP contribution < -0.4 is 5.32 Å². The van der Waals surface area contributed by atoms with Crippen LogP contribution in [0.15, 0.2) is 30.3 Å². The first-order chi connectivity index (χ1) is 11.9. The minimum Gasteiger partial charge on any atom is -0.350 e. The molecule has 0 saturated carbocycles. The third-order valence-corrected chi connectivity index (χ3v) is 4.24. The average Bonchev–Trinajstić information content (AvgIpc) is 2.55. The number of piperazine rings is 1. The molecule has 2 amide bonds. The standard InChI is InChI=1S/C21H28N2O2/c1-15(2)12-18-14-23(19(13-16(3)4)21(25)22-18)20(24)11-10-17-8-6-5-7-9-17/h5-9,15-16,18-19H,12-14H2,1-4H3,(H,22,25)/t18?,19-/m0/s1. The quantitative estimate of drug-likeness (QED) is 0.857. The SMILES string of the molecule is CC(C)CC1CN(C(=O)C#Cc2ccccc2)[C@@H](CC(C)C)C(=O)N1. The molecule has 1 unspecified atom stereocenters. The van der Waals surface area contributed by atoms with E-state index < -0.39 is 6.04 Å². The second-order valence-corrected chi connectivity index (χ2v) is 7.55. The second-order valence-electron chi connectivity index (χ2n) is 7.55. The van der Waals surface area contributed by atoms with E-state index in [1.54, 1.807) is 4.90 Å². The molecule has 0 spiro atoms. The Balaban J connectivity index is 2.19. The lowest BCUT2D eigenvalue weighted by Gasteiger charge is -2.39. The van der Waals surface area contributed by atoms with E-state index >= 15 is 0 Å². The lowest BCUT2D eigenvalue weighted by molar-refractivity contribution is -0.142. The van der Waals surface area contributed by atoms with Crippen molar-refractivity contribution in [1.29, 1.82) is 0 Å². The Labute approximate surface area is 151 Å². The summed E-state index contributed by atoms with van der Waals surface area (Å²) in [6, 6.07) is 9.01. The zero-order valence-electron chi connectivity index (χ0n) is 15.6. The van der Waals surface area contributed by atoms with Crippen molar-refractivity contribution >= 4 is 11.8 Å². The molecule has 1 N–H and O–H groups in total. The van der Waals surface area contributed by atoms with Gasteiger partial charge in [-0.25, -0.2) is 0 Å². The number of nitrogens with zero attached hydrogens (tertiary/aromatic N) is 1. The molecule has 1 heterocycles. The lowest BCUT2D eigenvalue weighted by Crippen LogP contribution is -2.61. The van der Waals surface area contributed by atoms with Gasteiger partial charge in [0.15, 0.2) is 0 Å². The van der Waals surface area contributed by atoms with Gasteiger partial charge in [-0.1, -0.05) is 51.8 Å². The number of carbonyl (C=O) groups excluding carboxylic acids is 2. The number of benzene rings is 1. The Morgan fingerprint density at radius 1 is 1.16 bits per heavy atom. The van der Waals surface area contributed by atoms with Gasteiger partial charge in [-0.05, 0) is 36.8 Å². The van der Waals surface area contributed by atoms with E-state index in [9.17, 15) is 9.59 Å². The van der Waals surface area contributed by atoms with Crippen LogP contribution in [-0.4, -0.2) is 35.3 Å². The van der Waals surface area contributed by atoms with Gasteiger partial charge in [0.25, 0.3) is 5.91 Å². The molecule has 0 aliphatic carbocycles. The summed E-state index contributed by atoms with van der Waals surface area (Å²) in [7, 11) is 0. The summed E-state index contributed by atoms with van der Waals surface area (Å²) >= 11 is 0. The van der Waals surface area contributed by atoms with Crippen molar-refractivity contribution in [2.45, 2.75) is 52.6 Å². The van der Waals surface area contributed by atoms with Gasteiger partial charge in [0, 0.05) is 24.1 Å². The first-order valence-electron chi connectivity index (χ1n) is 9.04. The highest BCUT2D eigenvalue weighted by molar-refractivity contribution is 5.98. The molecule has 0 aromatic heterocycles. The highest BCUT2D eigenvalue weighted by atomic mass is 16.2. The van der Waals surface area contributed by atoms with Crippen molar-refractivity contribution in [3.05, 3.63) is 35.9 Å². The maximum absolute atomic E-state index is 12.7. The van der Waals surface area contributed by atoms with Crippen molar-refractivity contribution in [2.24, 2.45) is 11.8 Å². The van der Waals surface area contributed by atoms with Crippen LogP contribution in [0, 0.1) is 23.7 Å². The number of rotatable bonds is 4. The normalized spacial score (nSPS) is 20.2. The highest BCUT2D eigenvalue weighted by Gasteiger charge is 2.37. The van der Waals surface area contributed by atoms with Crippen molar-refractivity contribution in [3.63, 3.8) is 0 Å². The van der Waals surface area contributed by atoms with Crippen molar-refractivity contribution in [3.8, 4) is 11.8 Å². The smallest absolute Gasteiger partial charge is 0.299 e. The largest absolute Gasteiger partial charge is 0.350 e. The van der Waals surface area contributed by atoms with E-state index in [2.05, 4.69) is 44.9 Å². The van der Waals surface area contributed by atoms with Crippen LogP contribution in [0.2, 0.25) is 0 Å². The van der Waals surface area contributed by atoms with Gasteiger partial charge in [0.05, 0.1) is 0 Å². The molecular weight excluding hydrogens is 312 g/mol. The molecule has 1 fully saturated rings. The fraction of sp³-hybridized carbons (Fsp3) is 0.524. The molecule has 2 atom stereocenters. The zero-order chi connectivity index (χ0) is 18.4. The van der Waals surface area contributed by atoms with Crippen LogP contribution in [0.1, 0.15) is 46.1 Å². The van der Waals surface area contributed by atoms with Crippen molar-refractivity contribution in [2.75, 3.05) is 6.54 Å². The Kier molecular flexibility index (Phi) is 6.64. The van der Waals surface area contributed by atoms with E-state index in [1.807, 2.05) is 30.3 Å².